The molecule has 1 aromatic heterocycles. The number of likely N-dealkylation sites (tertiary alicyclic amines) is 1. The van der Waals surface area contributed by atoms with E-state index in [0.29, 0.717) is 18.7 Å². The molecule has 0 unspecified atom stereocenters. The van der Waals surface area contributed by atoms with Crippen molar-refractivity contribution < 1.29 is 23.8 Å². The van der Waals surface area contributed by atoms with E-state index >= 15 is 0 Å². The van der Waals surface area contributed by atoms with E-state index in [1.165, 1.54) is 0 Å². The van der Waals surface area contributed by atoms with Gasteiger partial charge in [-0.1, -0.05) is 19.1 Å². The van der Waals surface area contributed by atoms with E-state index in [4.69, 9.17) is 9.15 Å². The maximum atomic E-state index is 13.0. The van der Waals surface area contributed by atoms with Gasteiger partial charge < -0.3 is 19.6 Å². The number of methoxy groups -OCH3 is 1. The monoisotopic (exact) mass is 386 g/mol. The number of ether oxygens (including phenoxy) is 1. The summed E-state index contributed by atoms with van der Waals surface area (Å²) in [6, 6.07) is 8.89. The van der Waals surface area contributed by atoms with E-state index in [-0.39, 0.29) is 18.4 Å². The van der Waals surface area contributed by atoms with Crippen molar-refractivity contribution in [2.75, 3.05) is 14.2 Å². The Morgan fingerprint density at radius 2 is 2.04 bits per heavy atom. The third-order valence-electron chi connectivity index (χ3n) is 5.86. The van der Waals surface area contributed by atoms with Gasteiger partial charge in [-0.15, -0.1) is 0 Å². The molecule has 2 aromatic rings. The van der Waals surface area contributed by atoms with Crippen molar-refractivity contribution in [3.8, 4) is 5.75 Å². The topological polar surface area (TPSA) is 92.0 Å². The van der Waals surface area contributed by atoms with Gasteiger partial charge >= 0.3 is 5.97 Å². The summed E-state index contributed by atoms with van der Waals surface area (Å²) < 4.78 is 10.3. The highest BCUT2D eigenvalue weighted by molar-refractivity contribution is 5.85. The van der Waals surface area contributed by atoms with E-state index in [0.717, 1.165) is 11.1 Å². The molecule has 1 saturated heterocycles. The second-order valence-electron chi connectivity index (χ2n) is 7.18. The molecule has 1 amide bonds. The molecule has 1 aliphatic heterocycles. The predicted octanol–water partition coefficient (Wildman–Crippen LogP) is 2.83. The van der Waals surface area contributed by atoms with Gasteiger partial charge in [0.15, 0.2) is 0 Å². The van der Waals surface area contributed by atoms with Gasteiger partial charge in [-0.3, -0.25) is 14.5 Å². The Bertz CT molecular complexity index is 818. The van der Waals surface area contributed by atoms with Crippen LogP contribution in [0.1, 0.15) is 36.9 Å². The number of rotatable bonds is 7. The van der Waals surface area contributed by atoms with Crippen LogP contribution in [0.2, 0.25) is 0 Å². The molecule has 0 aliphatic carbocycles. The number of likely N-dealkylation sites (N-methyl/N-ethyl adjacent to an activating group) is 1. The lowest BCUT2D eigenvalue weighted by Gasteiger charge is -2.34. The second kappa shape index (κ2) is 8.06. The average molecular weight is 386 g/mol. The molecule has 3 atom stereocenters. The Morgan fingerprint density at radius 3 is 2.57 bits per heavy atom. The van der Waals surface area contributed by atoms with Gasteiger partial charge in [0.1, 0.15) is 11.3 Å². The van der Waals surface area contributed by atoms with Crippen LogP contribution in [0.4, 0.5) is 0 Å². The van der Waals surface area contributed by atoms with Crippen molar-refractivity contribution in [1.29, 1.82) is 0 Å². The Labute approximate surface area is 164 Å². The Morgan fingerprint density at radius 1 is 1.32 bits per heavy atom. The van der Waals surface area contributed by atoms with E-state index in [1.54, 1.807) is 32.8 Å². The highest BCUT2D eigenvalue weighted by Gasteiger charge is 2.56. The highest BCUT2D eigenvalue weighted by atomic mass is 16.5. The zero-order valence-electron chi connectivity index (χ0n) is 16.3. The number of benzene rings is 1. The number of carbonyl (C=O) groups is 2. The molecule has 1 aromatic carbocycles. The fourth-order valence-corrected chi connectivity index (χ4v) is 4.15. The second-order valence-corrected chi connectivity index (χ2v) is 7.18. The van der Waals surface area contributed by atoms with Gasteiger partial charge in [-0.05, 0) is 43.7 Å². The number of carboxylic acid groups (broad SMARTS) is 1. The lowest BCUT2D eigenvalue weighted by atomic mass is 9.87. The smallest absolute Gasteiger partial charge is 0.324 e. The molecule has 7 nitrogen and oxygen atoms in total. The molecule has 0 saturated carbocycles. The Kier molecular flexibility index (Phi) is 5.74. The molecule has 2 heterocycles. The van der Waals surface area contributed by atoms with Crippen LogP contribution in [0.5, 0.6) is 5.75 Å². The average Bonchev–Trinajstić information content (AvgIpc) is 3.32. The van der Waals surface area contributed by atoms with Crippen LogP contribution in [-0.4, -0.2) is 41.6 Å². The summed E-state index contributed by atoms with van der Waals surface area (Å²) in [7, 11) is 3.38. The number of furan rings is 1. The zero-order chi connectivity index (χ0) is 20.3. The molecule has 7 heteroatoms. The minimum atomic E-state index is -1.08. The van der Waals surface area contributed by atoms with Crippen LogP contribution in [0.15, 0.2) is 47.3 Å². The number of carbonyl (C=O) groups excluding carboxylic acids is 1. The number of nitrogens with zero attached hydrogens (tertiary/aromatic N) is 1. The molecule has 150 valence electrons. The molecule has 2 N–H and O–H groups in total. The molecule has 1 fully saturated rings. The summed E-state index contributed by atoms with van der Waals surface area (Å²) in [5.41, 5.74) is 0.673. The summed E-state index contributed by atoms with van der Waals surface area (Å²) >= 11 is 0. The number of hydrogen-bond acceptors (Lipinski definition) is 5. The van der Waals surface area contributed by atoms with Gasteiger partial charge in [0.05, 0.1) is 25.6 Å². The quantitative estimate of drug-likeness (QED) is 0.760. The lowest BCUT2D eigenvalue weighted by Crippen LogP contribution is -2.48. The summed E-state index contributed by atoms with van der Waals surface area (Å²) in [6.07, 6.45) is 3.80. The van der Waals surface area contributed by atoms with Crippen LogP contribution in [-0.2, 0) is 16.1 Å². The maximum absolute atomic E-state index is 13.0. The number of hydrogen-bond donors (Lipinski definition) is 2. The van der Waals surface area contributed by atoms with Crippen molar-refractivity contribution in [1.82, 2.24) is 10.2 Å². The van der Waals surface area contributed by atoms with Crippen molar-refractivity contribution in [3.63, 3.8) is 0 Å². The summed E-state index contributed by atoms with van der Waals surface area (Å²) in [4.78, 5) is 27.0. The first-order valence-electron chi connectivity index (χ1n) is 9.32. The predicted molar refractivity (Wildman–Crippen MR) is 103 cm³/mol. The third kappa shape index (κ3) is 3.49. The molecule has 0 spiro atoms. The zero-order valence-corrected chi connectivity index (χ0v) is 16.3. The number of carboxylic acids is 1. The first-order valence-corrected chi connectivity index (χ1v) is 9.32. The van der Waals surface area contributed by atoms with Gasteiger partial charge in [0, 0.05) is 18.2 Å². The molecule has 28 heavy (non-hydrogen) atoms. The molecule has 0 bridgehead atoms. The van der Waals surface area contributed by atoms with Crippen LogP contribution >= 0.6 is 0 Å². The van der Waals surface area contributed by atoms with Crippen LogP contribution in [0.25, 0.3) is 0 Å². The van der Waals surface area contributed by atoms with E-state index in [2.05, 4.69) is 5.32 Å². The summed E-state index contributed by atoms with van der Waals surface area (Å²) in [6.45, 7) is 2.19. The molecule has 0 radical (unpaired) electrons. The minimum Gasteiger partial charge on any atom is -0.497 e. The largest absolute Gasteiger partial charge is 0.497 e. The van der Waals surface area contributed by atoms with Gasteiger partial charge in [-0.2, -0.15) is 0 Å². The fraction of sp³-hybridized carbons (Fsp3) is 0.429. The first-order chi connectivity index (χ1) is 13.4. The summed E-state index contributed by atoms with van der Waals surface area (Å²) in [5.74, 6) is -0.835. The minimum absolute atomic E-state index is 0.162. The molecule has 1 aliphatic rings. The van der Waals surface area contributed by atoms with E-state index < -0.39 is 17.4 Å². The first kappa shape index (κ1) is 19.9. The fourth-order valence-electron chi connectivity index (χ4n) is 4.15. The Hall–Kier alpha value is -2.80. The molecule has 3 rings (SSSR count). The van der Waals surface area contributed by atoms with Crippen molar-refractivity contribution in [2.24, 2.45) is 5.92 Å². The normalized spacial score (nSPS) is 24.8. The highest BCUT2D eigenvalue weighted by Crippen LogP contribution is 2.47. The SMILES string of the molecule is CC[C@]1(C(=O)O)C[C@@H](C(=O)NCc2ccoc2)[C@@H](c2ccc(OC)cc2)N1C. The van der Waals surface area contributed by atoms with Crippen LogP contribution in [0.3, 0.4) is 0 Å². The third-order valence-corrected chi connectivity index (χ3v) is 5.86. The molecular weight excluding hydrogens is 360 g/mol. The van der Waals surface area contributed by atoms with E-state index in [1.807, 2.05) is 36.1 Å². The Balaban J connectivity index is 1.90. The number of aliphatic carboxylic acids is 1. The van der Waals surface area contributed by atoms with Crippen molar-refractivity contribution in [2.45, 2.75) is 37.9 Å². The van der Waals surface area contributed by atoms with Gasteiger partial charge in [0.25, 0.3) is 0 Å². The van der Waals surface area contributed by atoms with E-state index in [9.17, 15) is 14.7 Å². The lowest BCUT2D eigenvalue weighted by molar-refractivity contribution is -0.150. The van der Waals surface area contributed by atoms with Gasteiger partial charge in [-0.25, -0.2) is 0 Å². The number of nitrogens with one attached hydrogen (secondary N) is 1. The maximum Gasteiger partial charge on any atom is 0.324 e. The molecular formula is C21H26N2O5. The van der Waals surface area contributed by atoms with Crippen molar-refractivity contribution in [3.05, 3.63) is 54.0 Å². The standard InChI is InChI=1S/C21H26N2O5/c1-4-21(20(25)26)11-17(19(24)22-12-14-9-10-28-13-14)18(23(21)2)15-5-7-16(27-3)8-6-15/h5-10,13,17-18H,4,11-12H2,1-3H3,(H,22,24)(H,25,26)/t17-,18-,21-/m1/s1. The van der Waals surface area contributed by atoms with Crippen molar-refractivity contribution >= 4 is 11.9 Å². The summed E-state index contributed by atoms with van der Waals surface area (Å²) in [5, 5.41) is 12.9. The van der Waals surface area contributed by atoms with Gasteiger partial charge in [0.2, 0.25) is 5.91 Å². The number of amides is 1. The van der Waals surface area contributed by atoms with Crippen LogP contribution < -0.4 is 10.1 Å². The van der Waals surface area contributed by atoms with Crippen LogP contribution in [0, 0.1) is 5.92 Å².